The van der Waals surface area contributed by atoms with Gasteiger partial charge in [-0.1, -0.05) is 6.07 Å². The van der Waals surface area contributed by atoms with Crippen LogP contribution in [-0.4, -0.2) is 44.7 Å². The van der Waals surface area contributed by atoms with E-state index >= 15 is 0 Å². The fraction of sp³-hybridized carbons (Fsp3) is 0.520. The van der Waals surface area contributed by atoms with Crippen LogP contribution in [0.1, 0.15) is 49.1 Å². The largest absolute Gasteiger partial charge is 0.497 e. The van der Waals surface area contributed by atoms with Crippen molar-refractivity contribution in [2.45, 2.75) is 43.7 Å². The van der Waals surface area contributed by atoms with Gasteiger partial charge in [0.1, 0.15) is 17.2 Å². The highest BCUT2D eigenvalue weighted by Crippen LogP contribution is 2.59. The SMILES string of the molecule is COc1ccc([C@H]2c3cc4c(cc3O[C@@]3(N5CCCC5)CCC[C@H]23)OCO4)c(OC)c1. The van der Waals surface area contributed by atoms with Gasteiger partial charge in [-0.05, 0) is 37.8 Å². The van der Waals surface area contributed by atoms with Crippen LogP contribution >= 0.6 is 0 Å². The summed E-state index contributed by atoms with van der Waals surface area (Å²) in [6, 6.07) is 10.3. The van der Waals surface area contributed by atoms with Crippen molar-refractivity contribution < 1.29 is 23.7 Å². The fourth-order valence-corrected chi connectivity index (χ4v) is 6.23. The third kappa shape index (κ3) is 2.80. The Labute approximate surface area is 183 Å². The Hall–Kier alpha value is -2.60. The van der Waals surface area contributed by atoms with Gasteiger partial charge in [0.05, 0.1) is 14.2 Å². The second-order valence-electron chi connectivity index (χ2n) is 8.97. The van der Waals surface area contributed by atoms with Crippen LogP contribution in [0.2, 0.25) is 0 Å². The quantitative estimate of drug-likeness (QED) is 0.719. The third-order valence-corrected chi connectivity index (χ3v) is 7.58. The van der Waals surface area contributed by atoms with Crippen LogP contribution in [0.4, 0.5) is 0 Å². The van der Waals surface area contributed by atoms with Gasteiger partial charge in [-0.25, -0.2) is 0 Å². The predicted molar refractivity (Wildman–Crippen MR) is 115 cm³/mol. The molecule has 1 saturated carbocycles. The molecule has 2 fully saturated rings. The van der Waals surface area contributed by atoms with Gasteiger partial charge in [0.15, 0.2) is 17.2 Å². The minimum atomic E-state index is -0.271. The number of nitrogens with zero attached hydrogens (tertiary/aromatic N) is 1. The van der Waals surface area contributed by atoms with E-state index in [4.69, 9.17) is 23.7 Å². The summed E-state index contributed by atoms with van der Waals surface area (Å²) in [4.78, 5) is 2.60. The molecule has 2 aromatic carbocycles. The Bertz CT molecular complexity index is 1000. The molecule has 0 spiro atoms. The molecule has 0 aromatic heterocycles. The number of hydrogen-bond donors (Lipinski definition) is 0. The summed E-state index contributed by atoms with van der Waals surface area (Å²) in [5.41, 5.74) is 2.07. The van der Waals surface area contributed by atoms with Crippen LogP contribution in [0.15, 0.2) is 30.3 Å². The van der Waals surface area contributed by atoms with Crippen LogP contribution < -0.4 is 23.7 Å². The Morgan fingerprint density at radius 3 is 2.48 bits per heavy atom. The van der Waals surface area contributed by atoms with Crippen molar-refractivity contribution in [1.82, 2.24) is 4.90 Å². The van der Waals surface area contributed by atoms with Gasteiger partial charge in [-0.15, -0.1) is 0 Å². The van der Waals surface area contributed by atoms with Crippen molar-refractivity contribution in [3.63, 3.8) is 0 Å². The number of ether oxygens (including phenoxy) is 5. The first-order valence-electron chi connectivity index (χ1n) is 11.3. The highest BCUT2D eigenvalue weighted by molar-refractivity contribution is 5.58. The molecule has 1 aliphatic carbocycles. The van der Waals surface area contributed by atoms with Crippen molar-refractivity contribution >= 4 is 0 Å². The number of benzene rings is 2. The normalized spacial score (nSPS) is 28.7. The summed E-state index contributed by atoms with van der Waals surface area (Å²) in [5.74, 6) is 4.65. The molecule has 0 radical (unpaired) electrons. The van der Waals surface area contributed by atoms with Crippen LogP contribution in [0.5, 0.6) is 28.7 Å². The van der Waals surface area contributed by atoms with Crippen molar-refractivity contribution in [2.24, 2.45) is 5.92 Å². The average molecular weight is 424 g/mol. The molecule has 6 rings (SSSR count). The van der Waals surface area contributed by atoms with Crippen LogP contribution in [-0.2, 0) is 0 Å². The highest BCUT2D eigenvalue weighted by Gasteiger charge is 2.57. The smallest absolute Gasteiger partial charge is 0.231 e. The summed E-state index contributed by atoms with van der Waals surface area (Å²) in [6.45, 7) is 2.46. The van der Waals surface area contributed by atoms with Crippen LogP contribution in [0, 0.1) is 5.92 Å². The van der Waals surface area contributed by atoms with Gasteiger partial charge in [0.2, 0.25) is 6.79 Å². The second-order valence-corrected chi connectivity index (χ2v) is 8.97. The standard InChI is InChI=1S/C25H29NO5/c1-27-16-7-8-17(20(12-16)28-2)24-18-13-22-23(30-15-29-22)14-21(18)31-25(9-5-6-19(24)25)26-10-3-4-11-26/h7-8,12-14,19,24H,3-6,9-11,15H2,1-2H3/t19-,24+,25+/m1/s1. The van der Waals surface area contributed by atoms with Crippen LogP contribution in [0.25, 0.3) is 0 Å². The molecule has 6 nitrogen and oxygen atoms in total. The lowest BCUT2D eigenvalue weighted by atomic mass is 9.73. The van der Waals surface area contributed by atoms with Gasteiger partial charge < -0.3 is 23.7 Å². The zero-order valence-electron chi connectivity index (χ0n) is 18.2. The van der Waals surface area contributed by atoms with Crippen molar-refractivity contribution in [1.29, 1.82) is 0 Å². The summed E-state index contributed by atoms with van der Waals surface area (Å²) >= 11 is 0. The zero-order valence-corrected chi connectivity index (χ0v) is 18.2. The minimum absolute atomic E-state index is 0.155. The van der Waals surface area contributed by atoms with E-state index in [1.165, 1.54) is 18.4 Å². The molecule has 0 amide bonds. The first-order valence-corrected chi connectivity index (χ1v) is 11.3. The molecule has 164 valence electrons. The van der Waals surface area contributed by atoms with Crippen LogP contribution in [0.3, 0.4) is 0 Å². The van der Waals surface area contributed by atoms with Crippen molar-refractivity contribution in [3.8, 4) is 28.7 Å². The maximum absolute atomic E-state index is 6.95. The predicted octanol–water partition coefficient (Wildman–Crippen LogP) is 4.55. The monoisotopic (exact) mass is 423 g/mol. The molecule has 4 aliphatic rings. The van der Waals surface area contributed by atoms with E-state index in [0.29, 0.717) is 5.92 Å². The summed E-state index contributed by atoms with van der Waals surface area (Å²) in [7, 11) is 3.43. The fourth-order valence-electron chi connectivity index (χ4n) is 6.23. The van der Waals surface area contributed by atoms with Crippen molar-refractivity contribution in [2.75, 3.05) is 34.1 Å². The topological polar surface area (TPSA) is 49.4 Å². The molecule has 0 N–H and O–H groups in total. The summed E-state index contributed by atoms with van der Waals surface area (Å²) < 4.78 is 29.7. The van der Waals surface area contributed by atoms with E-state index in [0.717, 1.165) is 66.7 Å². The molecular weight excluding hydrogens is 394 g/mol. The van der Waals surface area contributed by atoms with Gasteiger partial charge in [0.25, 0.3) is 0 Å². The minimum Gasteiger partial charge on any atom is -0.497 e. The summed E-state index contributed by atoms with van der Waals surface area (Å²) in [6.07, 6.45) is 5.83. The summed E-state index contributed by atoms with van der Waals surface area (Å²) in [5, 5.41) is 0. The molecule has 3 atom stereocenters. The second kappa shape index (κ2) is 7.23. The lowest BCUT2D eigenvalue weighted by Crippen LogP contribution is -2.58. The molecule has 3 aliphatic heterocycles. The number of hydrogen-bond acceptors (Lipinski definition) is 6. The number of likely N-dealkylation sites (tertiary alicyclic amines) is 1. The van der Waals surface area contributed by atoms with E-state index in [1.807, 2.05) is 18.2 Å². The molecule has 1 saturated heterocycles. The molecule has 3 heterocycles. The first-order chi connectivity index (χ1) is 15.2. The van der Waals surface area contributed by atoms with Gasteiger partial charge in [-0.3, -0.25) is 4.90 Å². The lowest BCUT2D eigenvalue weighted by Gasteiger charge is -2.50. The van der Waals surface area contributed by atoms with E-state index in [1.54, 1.807) is 14.2 Å². The van der Waals surface area contributed by atoms with Gasteiger partial charge >= 0.3 is 0 Å². The third-order valence-electron chi connectivity index (χ3n) is 7.58. The molecule has 6 heteroatoms. The molecular formula is C25H29NO5. The molecule has 0 bridgehead atoms. The maximum atomic E-state index is 6.95. The Balaban J connectivity index is 1.55. The molecule has 2 aromatic rings. The van der Waals surface area contributed by atoms with Gasteiger partial charge in [-0.2, -0.15) is 0 Å². The highest BCUT2D eigenvalue weighted by atomic mass is 16.7. The van der Waals surface area contributed by atoms with E-state index in [2.05, 4.69) is 17.0 Å². The number of rotatable bonds is 4. The number of methoxy groups -OCH3 is 2. The maximum Gasteiger partial charge on any atom is 0.231 e. The molecule has 0 unspecified atom stereocenters. The first kappa shape index (κ1) is 19.1. The lowest BCUT2D eigenvalue weighted by molar-refractivity contribution is -0.117. The van der Waals surface area contributed by atoms with Gasteiger partial charge in [0, 0.05) is 54.6 Å². The Morgan fingerprint density at radius 2 is 1.71 bits per heavy atom. The van der Waals surface area contributed by atoms with Crippen molar-refractivity contribution in [3.05, 3.63) is 41.5 Å². The van der Waals surface area contributed by atoms with E-state index in [9.17, 15) is 0 Å². The Morgan fingerprint density at radius 1 is 0.903 bits per heavy atom. The zero-order chi connectivity index (χ0) is 21.0. The molecule has 31 heavy (non-hydrogen) atoms. The van der Waals surface area contributed by atoms with E-state index < -0.39 is 0 Å². The average Bonchev–Trinajstić information content (AvgIpc) is 3.56. The Kier molecular flexibility index (Phi) is 4.46. The number of fused-ring (bicyclic) bond motifs is 3. The van der Waals surface area contributed by atoms with E-state index in [-0.39, 0.29) is 18.4 Å².